The third kappa shape index (κ3) is 2.53. The molecule has 98 valence electrons. The van der Waals surface area contributed by atoms with Crippen LogP contribution >= 0.6 is 11.3 Å². The lowest BCUT2D eigenvalue weighted by Gasteiger charge is -2.34. The molecule has 2 rings (SSSR count). The van der Waals surface area contributed by atoms with Gasteiger partial charge in [0.1, 0.15) is 5.69 Å². The van der Waals surface area contributed by atoms with Gasteiger partial charge in [0, 0.05) is 18.5 Å². The molecule has 0 bridgehead atoms. The van der Waals surface area contributed by atoms with Gasteiger partial charge in [0.15, 0.2) is 0 Å². The number of aromatic carboxylic acids is 1. The number of carbonyl (C=O) groups excluding carboxylic acids is 1. The third-order valence-electron chi connectivity index (χ3n) is 3.53. The number of piperidine rings is 1. The fourth-order valence-electron chi connectivity index (χ4n) is 2.08. The van der Waals surface area contributed by atoms with E-state index in [1.54, 1.807) is 4.90 Å². The number of likely N-dealkylation sites (tertiary alicyclic amines) is 1. The molecule has 2 heterocycles. The molecule has 1 N–H and O–H groups in total. The molecule has 6 heteroatoms. The van der Waals surface area contributed by atoms with Crippen LogP contribution in [0.1, 0.15) is 40.6 Å². The number of hydrogen-bond acceptors (Lipinski definition) is 4. The largest absolute Gasteiger partial charge is 0.476 e. The van der Waals surface area contributed by atoms with Gasteiger partial charge in [-0.25, -0.2) is 9.78 Å². The molecule has 1 fully saturated rings. The van der Waals surface area contributed by atoms with Gasteiger partial charge < -0.3 is 10.0 Å². The molecule has 0 spiro atoms. The van der Waals surface area contributed by atoms with Gasteiger partial charge in [0.25, 0.3) is 5.91 Å². The van der Waals surface area contributed by atoms with Gasteiger partial charge >= 0.3 is 5.97 Å². The fourth-order valence-corrected chi connectivity index (χ4v) is 2.71. The minimum absolute atomic E-state index is 0.0308. The fraction of sp³-hybridized carbons (Fsp3) is 0.583. The highest BCUT2D eigenvalue weighted by Crippen LogP contribution is 2.24. The van der Waals surface area contributed by atoms with E-state index in [0.29, 0.717) is 11.8 Å². The van der Waals surface area contributed by atoms with Crippen molar-refractivity contribution >= 4 is 23.2 Å². The average Bonchev–Trinajstić information content (AvgIpc) is 2.81. The Hall–Kier alpha value is -1.43. The summed E-state index contributed by atoms with van der Waals surface area (Å²) in [7, 11) is 0. The summed E-state index contributed by atoms with van der Waals surface area (Å²) in [5.74, 6) is -0.142. The first-order valence-corrected chi connectivity index (χ1v) is 6.85. The highest BCUT2D eigenvalue weighted by molar-refractivity contribution is 7.11. The zero-order valence-electron chi connectivity index (χ0n) is 10.4. The quantitative estimate of drug-likeness (QED) is 0.890. The summed E-state index contributed by atoms with van der Waals surface area (Å²) in [5.41, 5.74) is 0.249. The van der Waals surface area contributed by atoms with Crippen molar-refractivity contribution in [3.8, 4) is 0 Å². The van der Waals surface area contributed by atoms with Crippen LogP contribution in [-0.4, -0.2) is 40.0 Å². The second-order valence-corrected chi connectivity index (χ2v) is 5.70. The maximum Gasteiger partial charge on any atom is 0.365 e. The molecule has 0 saturated carbocycles. The topological polar surface area (TPSA) is 70.5 Å². The SMILES string of the molecule is CC1CCN(C(=O)c2csc(C(=O)O)n2)CC1C. The summed E-state index contributed by atoms with van der Waals surface area (Å²) in [5, 5.41) is 10.3. The average molecular weight is 268 g/mol. The molecule has 18 heavy (non-hydrogen) atoms. The number of amides is 1. The van der Waals surface area contributed by atoms with E-state index < -0.39 is 5.97 Å². The van der Waals surface area contributed by atoms with Crippen LogP contribution in [0, 0.1) is 11.8 Å². The molecule has 1 aliphatic heterocycles. The van der Waals surface area contributed by atoms with Gasteiger partial charge in [-0.1, -0.05) is 13.8 Å². The van der Waals surface area contributed by atoms with Crippen molar-refractivity contribution in [2.75, 3.05) is 13.1 Å². The number of carboxylic acids is 1. The van der Waals surface area contributed by atoms with Crippen molar-refractivity contribution in [3.63, 3.8) is 0 Å². The Balaban J connectivity index is 2.09. The van der Waals surface area contributed by atoms with Crippen molar-refractivity contribution in [2.24, 2.45) is 11.8 Å². The molecule has 5 nitrogen and oxygen atoms in total. The number of aromatic nitrogens is 1. The molecule has 1 aliphatic rings. The predicted molar refractivity (Wildman–Crippen MR) is 67.9 cm³/mol. The highest BCUT2D eigenvalue weighted by Gasteiger charge is 2.28. The monoisotopic (exact) mass is 268 g/mol. The van der Waals surface area contributed by atoms with E-state index in [1.165, 1.54) is 5.38 Å². The van der Waals surface area contributed by atoms with Gasteiger partial charge in [-0.15, -0.1) is 11.3 Å². The lowest BCUT2D eigenvalue weighted by Crippen LogP contribution is -2.42. The van der Waals surface area contributed by atoms with Crippen molar-refractivity contribution in [1.29, 1.82) is 0 Å². The number of rotatable bonds is 2. The normalized spacial score (nSPS) is 24.0. The number of thiazole rings is 1. The van der Waals surface area contributed by atoms with Crippen LogP contribution in [0.4, 0.5) is 0 Å². The molecular formula is C12H16N2O3S. The summed E-state index contributed by atoms with van der Waals surface area (Å²) in [6.07, 6.45) is 0.989. The highest BCUT2D eigenvalue weighted by atomic mass is 32.1. The van der Waals surface area contributed by atoms with Crippen molar-refractivity contribution < 1.29 is 14.7 Å². The Bertz CT molecular complexity index is 472. The first-order valence-electron chi connectivity index (χ1n) is 5.97. The Morgan fingerprint density at radius 1 is 1.44 bits per heavy atom. The maximum absolute atomic E-state index is 12.2. The van der Waals surface area contributed by atoms with Crippen molar-refractivity contribution in [1.82, 2.24) is 9.88 Å². The summed E-state index contributed by atoms with van der Waals surface area (Å²) < 4.78 is 0. The minimum Gasteiger partial charge on any atom is -0.476 e. The van der Waals surface area contributed by atoms with Gasteiger partial charge in [-0.2, -0.15) is 0 Å². The van der Waals surface area contributed by atoms with Crippen LogP contribution in [0.25, 0.3) is 0 Å². The molecule has 1 aromatic rings. The van der Waals surface area contributed by atoms with Gasteiger partial charge in [-0.3, -0.25) is 4.79 Å². The second-order valence-electron chi connectivity index (χ2n) is 4.84. The van der Waals surface area contributed by atoms with Crippen molar-refractivity contribution in [3.05, 3.63) is 16.1 Å². The van der Waals surface area contributed by atoms with Crippen LogP contribution < -0.4 is 0 Å². The molecule has 1 amide bonds. The first-order chi connectivity index (χ1) is 8.49. The third-order valence-corrected chi connectivity index (χ3v) is 4.36. The Morgan fingerprint density at radius 2 is 2.17 bits per heavy atom. The lowest BCUT2D eigenvalue weighted by atomic mass is 9.88. The number of hydrogen-bond donors (Lipinski definition) is 1. The van der Waals surface area contributed by atoms with Crippen LogP contribution in [-0.2, 0) is 0 Å². The van der Waals surface area contributed by atoms with E-state index in [4.69, 9.17) is 5.11 Å². The van der Waals surface area contributed by atoms with E-state index >= 15 is 0 Å². The molecule has 1 saturated heterocycles. The summed E-state index contributed by atoms with van der Waals surface area (Å²) in [6, 6.07) is 0. The molecule has 0 aliphatic carbocycles. The van der Waals surface area contributed by atoms with E-state index in [9.17, 15) is 9.59 Å². The Labute approximate surface area is 109 Å². The number of nitrogens with zero attached hydrogens (tertiary/aromatic N) is 2. The second kappa shape index (κ2) is 5.06. The first kappa shape index (κ1) is 13.0. The maximum atomic E-state index is 12.2. The summed E-state index contributed by atoms with van der Waals surface area (Å²) in [6.45, 7) is 5.77. The van der Waals surface area contributed by atoms with E-state index in [-0.39, 0.29) is 16.6 Å². The van der Waals surface area contributed by atoms with Crippen molar-refractivity contribution in [2.45, 2.75) is 20.3 Å². The number of carboxylic acid groups (broad SMARTS) is 1. The standard InChI is InChI=1S/C12H16N2O3S/c1-7-3-4-14(5-8(7)2)11(15)9-6-18-10(13-9)12(16)17/h6-8H,3-5H2,1-2H3,(H,16,17). The molecule has 0 radical (unpaired) electrons. The van der Waals surface area contributed by atoms with E-state index in [2.05, 4.69) is 18.8 Å². The molecule has 0 aromatic carbocycles. The molecule has 2 atom stereocenters. The smallest absolute Gasteiger partial charge is 0.365 e. The molecular weight excluding hydrogens is 252 g/mol. The van der Waals surface area contributed by atoms with E-state index in [1.807, 2.05) is 0 Å². The Morgan fingerprint density at radius 3 is 2.72 bits per heavy atom. The predicted octanol–water partition coefficient (Wildman–Crippen LogP) is 1.96. The van der Waals surface area contributed by atoms with Crippen LogP contribution in [0.3, 0.4) is 0 Å². The van der Waals surface area contributed by atoms with Crippen LogP contribution in [0.5, 0.6) is 0 Å². The van der Waals surface area contributed by atoms with Gasteiger partial charge in [-0.05, 0) is 18.3 Å². The Kier molecular flexibility index (Phi) is 3.65. The number of carbonyl (C=O) groups is 2. The minimum atomic E-state index is -1.08. The zero-order chi connectivity index (χ0) is 13.3. The summed E-state index contributed by atoms with van der Waals surface area (Å²) >= 11 is 0.993. The van der Waals surface area contributed by atoms with E-state index in [0.717, 1.165) is 30.8 Å². The van der Waals surface area contributed by atoms with Gasteiger partial charge in [0.05, 0.1) is 0 Å². The van der Waals surface area contributed by atoms with Crippen LogP contribution in [0.15, 0.2) is 5.38 Å². The van der Waals surface area contributed by atoms with Crippen LogP contribution in [0.2, 0.25) is 0 Å². The summed E-state index contributed by atoms with van der Waals surface area (Å²) in [4.78, 5) is 28.5. The lowest BCUT2D eigenvalue weighted by molar-refractivity contribution is 0.0622. The zero-order valence-corrected chi connectivity index (χ0v) is 11.2. The molecule has 2 unspecified atom stereocenters. The molecule has 1 aromatic heterocycles. The van der Waals surface area contributed by atoms with Gasteiger partial charge in [0.2, 0.25) is 5.01 Å².